The summed E-state index contributed by atoms with van der Waals surface area (Å²) in [4.78, 5) is 26.0. The van der Waals surface area contributed by atoms with E-state index in [0.29, 0.717) is 19.3 Å². The number of ether oxygens (including phenoxy) is 1. The van der Waals surface area contributed by atoms with Gasteiger partial charge in [-0.05, 0) is 51.4 Å². The van der Waals surface area contributed by atoms with Crippen LogP contribution in [0.5, 0.6) is 0 Å². The summed E-state index contributed by atoms with van der Waals surface area (Å²) in [5.74, 6) is -0.474. The number of carbonyl (C=O) groups excluding carboxylic acids is 2. The van der Waals surface area contributed by atoms with E-state index in [1.165, 1.54) is 141 Å². The van der Waals surface area contributed by atoms with E-state index in [9.17, 15) is 19.8 Å². The lowest BCUT2D eigenvalue weighted by molar-refractivity contribution is -0.151. The van der Waals surface area contributed by atoms with Gasteiger partial charge >= 0.3 is 5.97 Å². The normalized spacial score (nSPS) is 13.5. The van der Waals surface area contributed by atoms with Gasteiger partial charge in [0.05, 0.1) is 25.2 Å². The van der Waals surface area contributed by atoms with Crippen LogP contribution in [0.1, 0.15) is 252 Å². The summed E-state index contributed by atoms with van der Waals surface area (Å²) in [6, 6.07) is -0.696. The minimum atomic E-state index is -0.782. The summed E-state index contributed by atoms with van der Waals surface area (Å²) in [6.45, 7) is 6.37. The van der Waals surface area contributed by atoms with Gasteiger partial charge < -0.3 is 20.3 Å². The Labute approximate surface area is 341 Å². The van der Waals surface area contributed by atoms with Crippen molar-refractivity contribution >= 4 is 11.9 Å². The first kappa shape index (κ1) is 53.3. The van der Waals surface area contributed by atoms with E-state index in [2.05, 4.69) is 50.4 Å². The van der Waals surface area contributed by atoms with E-state index in [-0.39, 0.29) is 24.9 Å². The third-order valence-electron chi connectivity index (χ3n) is 11.0. The van der Waals surface area contributed by atoms with Gasteiger partial charge in [-0.2, -0.15) is 0 Å². The van der Waals surface area contributed by atoms with E-state index in [0.717, 1.165) is 64.2 Å². The molecule has 6 nitrogen and oxygen atoms in total. The number of allylic oxidation sites excluding steroid dienone is 4. The number of amides is 1. The molecule has 6 heteroatoms. The monoisotopic (exact) mass is 776 g/mol. The molecule has 0 aromatic rings. The maximum atomic E-state index is 13.1. The molecule has 0 aromatic heterocycles. The number of nitrogens with one attached hydrogen (secondary N) is 1. The summed E-state index contributed by atoms with van der Waals surface area (Å²) in [5.41, 5.74) is 0. The first-order valence-electron chi connectivity index (χ1n) is 24.1. The molecule has 0 fully saturated rings. The fraction of sp³-hybridized carbons (Fsp3) is 0.878. The molecule has 0 radical (unpaired) electrons. The standard InChI is InChI=1S/C49H93NO5/c1-4-7-10-13-16-19-22-23-24-27-30-33-36-39-42-49(54)55-45(40-37-34-31-28-25-20-17-14-11-8-5-2)43-48(53)50-46(44-51)47(52)41-38-35-32-29-26-21-18-15-12-9-6-3/h7,10,16,19,45-47,51-52H,4-6,8-9,11-15,17-18,20-44H2,1-3H3,(H,50,53)/b10-7+,19-16+. The molecule has 0 rings (SSSR count). The maximum Gasteiger partial charge on any atom is 0.306 e. The highest BCUT2D eigenvalue weighted by Crippen LogP contribution is 2.18. The van der Waals surface area contributed by atoms with Gasteiger partial charge in [-0.3, -0.25) is 9.59 Å². The van der Waals surface area contributed by atoms with Crippen molar-refractivity contribution < 1.29 is 24.5 Å². The summed E-state index contributed by atoms with van der Waals surface area (Å²) in [7, 11) is 0. The van der Waals surface area contributed by atoms with Crippen LogP contribution in [0.15, 0.2) is 24.3 Å². The van der Waals surface area contributed by atoms with Crippen molar-refractivity contribution in [3.63, 3.8) is 0 Å². The number of hydrogen-bond donors (Lipinski definition) is 3. The molecule has 0 spiro atoms. The van der Waals surface area contributed by atoms with Gasteiger partial charge in [0, 0.05) is 6.42 Å². The highest BCUT2D eigenvalue weighted by atomic mass is 16.5. The lowest BCUT2D eigenvalue weighted by atomic mass is 10.0. The molecule has 3 atom stereocenters. The molecule has 0 saturated heterocycles. The molecule has 55 heavy (non-hydrogen) atoms. The Balaban J connectivity index is 4.54. The van der Waals surface area contributed by atoms with E-state index in [4.69, 9.17) is 4.74 Å². The Kier molecular flexibility index (Phi) is 42.2. The summed E-state index contributed by atoms with van der Waals surface area (Å²) in [6.07, 6.45) is 48.0. The second kappa shape index (κ2) is 43.5. The second-order valence-electron chi connectivity index (χ2n) is 16.5. The van der Waals surface area contributed by atoms with Gasteiger partial charge in [-0.25, -0.2) is 0 Å². The maximum absolute atomic E-state index is 13.1. The van der Waals surface area contributed by atoms with Crippen LogP contribution in [0.25, 0.3) is 0 Å². The first-order valence-corrected chi connectivity index (χ1v) is 24.1. The number of aliphatic hydroxyl groups is 2. The van der Waals surface area contributed by atoms with E-state index in [1.807, 2.05) is 0 Å². The van der Waals surface area contributed by atoms with Crippen molar-refractivity contribution in [2.24, 2.45) is 0 Å². The van der Waals surface area contributed by atoms with Gasteiger partial charge in [0.25, 0.3) is 0 Å². The van der Waals surface area contributed by atoms with Gasteiger partial charge in [-0.1, -0.05) is 212 Å². The highest BCUT2D eigenvalue weighted by Gasteiger charge is 2.24. The molecular weight excluding hydrogens is 683 g/mol. The fourth-order valence-electron chi connectivity index (χ4n) is 7.41. The minimum Gasteiger partial charge on any atom is -0.462 e. The SMILES string of the molecule is CC/C=C/C/C=C/CCCCCCCCCC(=O)OC(CCCCCCCCCCCCC)CC(=O)NC(CO)C(O)CCCCCCCCCCCCC. The number of rotatable bonds is 43. The molecular formula is C49H93NO5. The number of carbonyl (C=O) groups is 2. The highest BCUT2D eigenvalue weighted by molar-refractivity contribution is 5.77. The summed E-state index contributed by atoms with van der Waals surface area (Å²) >= 11 is 0. The molecule has 0 heterocycles. The number of aliphatic hydroxyl groups excluding tert-OH is 2. The fourth-order valence-corrected chi connectivity index (χ4v) is 7.41. The molecule has 0 aliphatic carbocycles. The van der Waals surface area contributed by atoms with E-state index in [1.54, 1.807) is 0 Å². The number of esters is 1. The second-order valence-corrected chi connectivity index (χ2v) is 16.5. The Morgan fingerprint density at radius 2 is 0.982 bits per heavy atom. The van der Waals surface area contributed by atoms with Gasteiger partial charge in [0.15, 0.2) is 0 Å². The van der Waals surface area contributed by atoms with Gasteiger partial charge in [0.1, 0.15) is 6.10 Å². The molecule has 1 amide bonds. The van der Waals surface area contributed by atoms with E-state index < -0.39 is 18.2 Å². The van der Waals surface area contributed by atoms with Crippen molar-refractivity contribution in [3.8, 4) is 0 Å². The van der Waals surface area contributed by atoms with Crippen LogP contribution in [-0.2, 0) is 14.3 Å². The molecule has 3 unspecified atom stereocenters. The average molecular weight is 776 g/mol. The molecule has 324 valence electrons. The van der Waals surface area contributed by atoms with Gasteiger partial charge in [0.2, 0.25) is 5.91 Å². The molecule has 0 aromatic carbocycles. The zero-order valence-electron chi connectivity index (χ0n) is 36.8. The van der Waals surface area contributed by atoms with Crippen LogP contribution in [-0.4, -0.2) is 46.9 Å². The third-order valence-corrected chi connectivity index (χ3v) is 11.0. The zero-order valence-corrected chi connectivity index (χ0v) is 36.8. The number of hydrogen-bond acceptors (Lipinski definition) is 5. The van der Waals surface area contributed by atoms with Crippen LogP contribution >= 0.6 is 0 Å². The zero-order chi connectivity index (χ0) is 40.3. The van der Waals surface area contributed by atoms with Crippen LogP contribution in [0.3, 0.4) is 0 Å². The smallest absolute Gasteiger partial charge is 0.306 e. The Bertz CT molecular complexity index is 873. The van der Waals surface area contributed by atoms with Crippen LogP contribution in [0, 0.1) is 0 Å². The van der Waals surface area contributed by atoms with Crippen molar-refractivity contribution in [3.05, 3.63) is 24.3 Å². The Hall–Kier alpha value is -1.66. The number of unbranched alkanes of at least 4 members (excludes halogenated alkanes) is 27. The summed E-state index contributed by atoms with van der Waals surface area (Å²) < 4.78 is 5.91. The molecule has 0 saturated carbocycles. The van der Waals surface area contributed by atoms with Crippen LogP contribution in [0.4, 0.5) is 0 Å². The largest absolute Gasteiger partial charge is 0.462 e. The van der Waals surface area contributed by atoms with Crippen molar-refractivity contribution in [2.75, 3.05) is 6.61 Å². The van der Waals surface area contributed by atoms with Crippen LogP contribution < -0.4 is 5.32 Å². The quantitative estimate of drug-likeness (QED) is 0.0326. The van der Waals surface area contributed by atoms with E-state index >= 15 is 0 Å². The molecule has 0 aliphatic heterocycles. The lowest BCUT2D eigenvalue weighted by Crippen LogP contribution is -2.46. The summed E-state index contributed by atoms with van der Waals surface area (Å²) in [5, 5.41) is 23.7. The molecule has 0 bridgehead atoms. The molecule has 0 aliphatic rings. The van der Waals surface area contributed by atoms with Crippen LogP contribution in [0.2, 0.25) is 0 Å². The predicted octanol–water partition coefficient (Wildman–Crippen LogP) is 14.0. The van der Waals surface area contributed by atoms with Crippen molar-refractivity contribution in [1.82, 2.24) is 5.32 Å². The van der Waals surface area contributed by atoms with Crippen molar-refractivity contribution in [1.29, 1.82) is 0 Å². The Morgan fingerprint density at radius 3 is 1.47 bits per heavy atom. The molecule has 3 N–H and O–H groups in total. The van der Waals surface area contributed by atoms with Crippen molar-refractivity contribution in [2.45, 2.75) is 270 Å². The topological polar surface area (TPSA) is 95.9 Å². The Morgan fingerprint density at radius 1 is 0.545 bits per heavy atom. The lowest BCUT2D eigenvalue weighted by Gasteiger charge is -2.24. The minimum absolute atomic E-state index is 0.0792. The third kappa shape index (κ3) is 39.0. The van der Waals surface area contributed by atoms with Gasteiger partial charge in [-0.15, -0.1) is 0 Å². The predicted molar refractivity (Wildman–Crippen MR) is 236 cm³/mol. The first-order chi connectivity index (χ1) is 27.0. The average Bonchev–Trinajstić information content (AvgIpc) is 3.18.